The number of fused-ring (bicyclic) bond motifs is 1. The molecule has 0 saturated carbocycles. The Morgan fingerprint density at radius 2 is 2.00 bits per heavy atom. The standard InChI is InChI=1S/C14H15ClN4/c1-8-13(11-7-12(16)19(3)17-11)9-5-4-6-10(15)14(9)18(8)2/h4-7H,16H2,1-3H3. The maximum absolute atomic E-state index is 6.30. The van der Waals surface area contributed by atoms with Gasteiger partial charge < -0.3 is 10.3 Å². The van der Waals surface area contributed by atoms with Crippen molar-refractivity contribution >= 4 is 28.3 Å². The molecule has 0 radical (unpaired) electrons. The molecule has 0 amide bonds. The highest BCUT2D eigenvalue weighted by Crippen LogP contribution is 2.36. The van der Waals surface area contributed by atoms with Gasteiger partial charge in [0.15, 0.2) is 0 Å². The van der Waals surface area contributed by atoms with E-state index in [-0.39, 0.29) is 0 Å². The molecule has 1 aromatic carbocycles. The number of nitrogen functional groups attached to an aromatic ring is 1. The van der Waals surface area contributed by atoms with Gasteiger partial charge in [-0.15, -0.1) is 0 Å². The number of rotatable bonds is 1. The molecule has 2 N–H and O–H groups in total. The zero-order valence-electron chi connectivity index (χ0n) is 11.1. The van der Waals surface area contributed by atoms with E-state index in [1.54, 1.807) is 4.68 Å². The van der Waals surface area contributed by atoms with Gasteiger partial charge in [0.2, 0.25) is 0 Å². The number of para-hydroxylation sites is 1. The van der Waals surface area contributed by atoms with Crippen LogP contribution in [0.4, 0.5) is 5.82 Å². The lowest BCUT2D eigenvalue weighted by molar-refractivity contribution is 0.782. The molecule has 0 unspecified atom stereocenters. The predicted molar refractivity (Wildman–Crippen MR) is 79.3 cm³/mol. The summed E-state index contributed by atoms with van der Waals surface area (Å²) in [6.07, 6.45) is 0. The molecule has 0 aliphatic heterocycles. The molecule has 3 rings (SSSR count). The third-order valence-electron chi connectivity index (χ3n) is 3.63. The number of anilines is 1. The number of nitrogens with zero attached hydrogens (tertiary/aromatic N) is 3. The van der Waals surface area contributed by atoms with Crippen molar-refractivity contribution in [2.45, 2.75) is 6.92 Å². The summed E-state index contributed by atoms with van der Waals surface area (Å²) < 4.78 is 3.77. The molecule has 0 fully saturated rings. The molecule has 5 heteroatoms. The Balaban J connectivity index is 2.41. The van der Waals surface area contributed by atoms with E-state index < -0.39 is 0 Å². The molecular formula is C14H15ClN4. The molecule has 2 aromatic heterocycles. The lowest BCUT2D eigenvalue weighted by Crippen LogP contribution is -1.96. The minimum Gasteiger partial charge on any atom is -0.384 e. The van der Waals surface area contributed by atoms with Crippen LogP contribution in [0.3, 0.4) is 0 Å². The SMILES string of the molecule is Cc1c(-c2cc(N)n(C)n2)c2cccc(Cl)c2n1C. The number of nitrogens with two attached hydrogens (primary N) is 1. The molecule has 98 valence electrons. The zero-order chi connectivity index (χ0) is 13.7. The van der Waals surface area contributed by atoms with Crippen molar-refractivity contribution in [1.29, 1.82) is 0 Å². The molecule has 19 heavy (non-hydrogen) atoms. The van der Waals surface area contributed by atoms with Crippen LogP contribution in [-0.2, 0) is 14.1 Å². The van der Waals surface area contributed by atoms with E-state index in [4.69, 9.17) is 17.3 Å². The number of benzene rings is 1. The van der Waals surface area contributed by atoms with Gasteiger partial charge in [-0.1, -0.05) is 23.7 Å². The van der Waals surface area contributed by atoms with Crippen molar-refractivity contribution in [1.82, 2.24) is 14.3 Å². The molecule has 2 heterocycles. The Morgan fingerprint density at radius 1 is 1.26 bits per heavy atom. The van der Waals surface area contributed by atoms with Crippen molar-refractivity contribution < 1.29 is 0 Å². The zero-order valence-corrected chi connectivity index (χ0v) is 11.9. The van der Waals surface area contributed by atoms with Crippen LogP contribution in [0.2, 0.25) is 5.02 Å². The van der Waals surface area contributed by atoms with E-state index in [1.807, 2.05) is 32.3 Å². The first-order valence-corrected chi connectivity index (χ1v) is 6.42. The maximum Gasteiger partial charge on any atom is 0.121 e. The molecular weight excluding hydrogens is 260 g/mol. The second kappa shape index (κ2) is 4.03. The lowest BCUT2D eigenvalue weighted by atomic mass is 10.1. The highest BCUT2D eigenvalue weighted by molar-refractivity contribution is 6.35. The molecule has 0 aliphatic rings. The smallest absolute Gasteiger partial charge is 0.121 e. The highest BCUT2D eigenvalue weighted by Gasteiger charge is 2.18. The van der Waals surface area contributed by atoms with E-state index in [2.05, 4.69) is 22.7 Å². The van der Waals surface area contributed by atoms with Gasteiger partial charge in [-0.25, -0.2) is 0 Å². The van der Waals surface area contributed by atoms with Crippen LogP contribution >= 0.6 is 11.6 Å². The predicted octanol–water partition coefficient (Wildman–Crippen LogP) is 3.12. The Labute approximate surface area is 116 Å². The van der Waals surface area contributed by atoms with Crippen LogP contribution in [0.5, 0.6) is 0 Å². The fraction of sp³-hybridized carbons (Fsp3) is 0.214. The Kier molecular flexibility index (Phi) is 2.57. The van der Waals surface area contributed by atoms with Gasteiger partial charge in [0.05, 0.1) is 16.2 Å². The fourth-order valence-electron chi connectivity index (χ4n) is 2.52. The molecule has 3 aromatic rings. The summed E-state index contributed by atoms with van der Waals surface area (Å²) in [5.74, 6) is 0.647. The van der Waals surface area contributed by atoms with Crippen molar-refractivity contribution in [3.8, 4) is 11.3 Å². The molecule has 4 nitrogen and oxygen atoms in total. The van der Waals surface area contributed by atoms with E-state index in [0.29, 0.717) is 5.82 Å². The van der Waals surface area contributed by atoms with Crippen LogP contribution in [0.25, 0.3) is 22.2 Å². The van der Waals surface area contributed by atoms with Gasteiger partial charge in [0.25, 0.3) is 0 Å². The van der Waals surface area contributed by atoms with Crippen molar-refractivity contribution in [3.63, 3.8) is 0 Å². The van der Waals surface area contributed by atoms with Crippen LogP contribution in [-0.4, -0.2) is 14.3 Å². The Morgan fingerprint density at radius 3 is 2.63 bits per heavy atom. The van der Waals surface area contributed by atoms with Crippen LogP contribution < -0.4 is 5.73 Å². The van der Waals surface area contributed by atoms with E-state index in [1.165, 1.54) is 0 Å². The first kappa shape index (κ1) is 12.1. The number of aryl methyl sites for hydroxylation is 2. The van der Waals surface area contributed by atoms with Gasteiger partial charge in [-0.2, -0.15) is 5.10 Å². The molecule has 0 spiro atoms. The second-order valence-electron chi connectivity index (χ2n) is 4.73. The number of aromatic nitrogens is 3. The summed E-state index contributed by atoms with van der Waals surface area (Å²) >= 11 is 6.30. The lowest BCUT2D eigenvalue weighted by Gasteiger charge is -1.99. The van der Waals surface area contributed by atoms with E-state index in [0.717, 1.165) is 32.9 Å². The van der Waals surface area contributed by atoms with Crippen LogP contribution in [0, 0.1) is 6.92 Å². The van der Waals surface area contributed by atoms with E-state index >= 15 is 0 Å². The topological polar surface area (TPSA) is 48.8 Å². The van der Waals surface area contributed by atoms with E-state index in [9.17, 15) is 0 Å². The maximum atomic E-state index is 6.30. The summed E-state index contributed by atoms with van der Waals surface area (Å²) in [4.78, 5) is 0. The number of hydrogen-bond acceptors (Lipinski definition) is 2. The molecule has 0 bridgehead atoms. The third-order valence-corrected chi connectivity index (χ3v) is 3.93. The van der Waals surface area contributed by atoms with Gasteiger partial charge in [0, 0.05) is 36.8 Å². The largest absolute Gasteiger partial charge is 0.384 e. The average molecular weight is 275 g/mol. The van der Waals surface area contributed by atoms with Crippen molar-refractivity contribution in [2.24, 2.45) is 14.1 Å². The number of halogens is 1. The first-order chi connectivity index (χ1) is 9.00. The second-order valence-corrected chi connectivity index (χ2v) is 5.14. The van der Waals surface area contributed by atoms with Crippen molar-refractivity contribution in [3.05, 3.63) is 35.0 Å². The summed E-state index contributed by atoms with van der Waals surface area (Å²) in [5.41, 5.74) is 10.0. The van der Waals surface area contributed by atoms with Gasteiger partial charge in [-0.05, 0) is 13.0 Å². The van der Waals surface area contributed by atoms with Crippen LogP contribution in [0.1, 0.15) is 5.69 Å². The number of hydrogen-bond donors (Lipinski definition) is 1. The quantitative estimate of drug-likeness (QED) is 0.741. The Bertz CT molecular complexity index is 763. The third kappa shape index (κ3) is 1.64. The highest BCUT2D eigenvalue weighted by atomic mass is 35.5. The summed E-state index contributed by atoms with van der Waals surface area (Å²) in [6.45, 7) is 2.07. The minimum absolute atomic E-state index is 0.647. The Hall–Kier alpha value is -1.94. The van der Waals surface area contributed by atoms with Gasteiger partial charge >= 0.3 is 0 Å². The summed E-state index contributed by atoms with van der Waals surface area (Å²) in [5, 5.41) is 6.32. The minimum atomic E-state index is 0.647. The fourth-order valence-corrected chi connectivity index (χ4v) is 2.82. The normalized spacial score (nSPS) is 11.4. The molecule has 0 atom stereocenters. The van der Waals surface area contributed by atoms with Crippen LogP contribution in [0.15, 0.2) is 24.3 Å². The molecule has 0 aliphatic carbocycles. The molecule has 0 saturated heterocycles. The first-order valence-electron chi connectivity index (χ1n) is 6.04. The monoisotopic (exact) mass is 274 g/mol. The van der Waals surface area contributed by atoms with Gasteiger partial charge in [-0.3, -0.25) is 4.68 Å². The summed E-state index contributed by atoms with van der Waals surface area (Å²) in [6, 6.07) is 7.82. The average Bonchev–Trinajstić information content (AvgIpc) is 2.80. The van der Waals surface area contributed by atoms with Crippen molar-refractivity contribution in [2.75, 3.05) is 5.73 Å². The summed E-state index contributed by atoms with van der Waals surface area (Å²) in [7, 11) is 3.85. The van der Waals surface area contributed by atoms with Gasteiger partial charge in [0.1, 0.15) is 5.82 Å².